The fraction of sp³-hybridized carbons (Fsp3) is 0.235. The van der Waals surface area contributed by atoms with E-state index in [0.717, 1.165) is 30.0 Å². The van der Waals surface area contributed by atoms with Crippen molar-refractivity contribution in [3.05, 3.63) is 54.6 Å². The summed E-state index contributed by atoms with van der Waals surface area (Å²) < 4.78 is 0. The Hall–Kier alpha value is -1.78. The Morgan fingerprint density at radius 1 is 1.05 bits per heavy atom. The van der Waals surface area contributed by atoms with Crippen LogP contribution in [0, 0.1) is 0 Å². The second-order valence-corrected chi connectivity index (χ2v) is 6.22. The summed E-state index contributed by atoms with van der Waals surface area (Å²) in [6.07, 6.45) is 2.00. The molecule has 2 N–H and O–H groups in total. The Morgan fingerprint density at radius 2 is 1.76 bits per heavy atom. The normalized spacial score (nSPS) is 17.6. The first-order valence-corrected chi connectivity index (χ1v) is 8.00. The first kappa shape index (κ1) is 14.2. The van der Waals surface area contributed by atoms with Gasteiger partial charge >= 0.3 is 0 Å². The van der Waals surface area contributed by atoms with Gasteiger partial charge in [-0.05, 0) is 55.8 Å². The molecule has 2 aromatic carbocycles. The summed E-state index contributed by atoms with van der Waals surface area (Å²) in [4.78, 5) is 14.4. The molecule has 1 saturated heterocycles. The largest absolute Gasteiger partial charge is 0.325 e. The third kappa shape index (κ3) is 3.86. The van der Waals surface area contributed by atoms with Crippen molar-refractivity contribution in [3.8, 4) is 0 Å². The second-order valence-electron chi connectivity index (χ2n) is 5.08. The molecule has 1 heterocycles. The number of rotatable bonds is 4. The third-order valence-electron chi connectivity index (χ3n) is 3.48. The second kappa shape index (κ2) is 6.78. The Bertz CT molecular complexity index is 592. The van der Waals surface area contributed by atoms with Crippen LogP contribution in [0.1, 0.15) is 12.8 Å². The Kier molecular flexibility index (Phi) is 4.58. The Labute approximate surface area is 129 Å². The lowest BCUT2D eigenvalue weighted by Crippen LogP contribution is -2.35. The minimum atomic E-state index is -0.0385. The van der Waals surface area contributed by atoms with Gasteiger partial charge in [0.1, 0.15) is 0 Å². The maximum Gasteiger partial charge on any atom is 0.241 e. The molecule has 1 amide bonds. The monoisotopic (exact) mass is 298 g/mol. The van der Waals surface area contributed by atoms with E-state index in [4.69, 9.17) is 0 Å². The summed E-state index contributed by atoms with van der Waals surface area (Å²) in [5.41, 5.74) is 0.853. The molecule has 3 nitrogen and oxygen atoms in total. The zero-order valence-corrected chi connectivity index (χ0v) is 12.5. The van der Waals surface area contributed by atoms with Crippen LogP contribution in [0.4, 0.5) is 5.69 Å². The smallest absolute Gasteiger partial charge is 0.241 e. The SMILES string of the molecule is O=C(Nc1ccc(Sc2ccccc2)cc1)C1CCCN1. The highest BCUT2D eigenvalue weighted by molar-refractivity contribution is 7.99. The number of carbonyl (C=O) groups is 1. The molecule has 1 atom stereocenters. The molecule has 0 saturated carbocycles. The van der Waals surface area contributed by atoms with Crippen molar-refractivity contribution in [2.75, 3.05) is 11.9 Å². The highest BCUT2D eigenvalue weighted by atomic mass is 32.2. The first-order valence-electron chi connectivity index (χ1n) is 7.18. The molecule has 0 bridgehead atoms. The molecular weight excluding hydrogens is 280 g/mol. The van der Waals surface area contributed by atoms with Crippen LogP contribution in [0.25, 0.3) is 0 Å². The Morgan fingerprint density at radius 3 is 2.43 bits per heavy atom. The summed E-state index contributed by atoms with van der Waals surface area (Å²) in [7, 11) is 0. The van der Waals surface area contributed by atoms with E-state index in [9.17, 15) is 4.79 Å². The average Bonchev–Trinajstić information content (AvgIpc) is 3.05. The summed E-state index contributed by atoms with van der Waals surface area (Å²) in [6.45, 7) is 0.935. The fourth-order valence-corrected chi connectivity index (χ4v) is 3.21. The molecule has 108 valence electrons. The summed E-state index contributed by atoms with van der Waals surface area (Å²) in [5.74, 6) is 0.0657. The number of nitrogens with one attached hydrogen (secondary N) is 2. The minimum Gasteiger partial charge on any atom is -0.325 e. The fourth-order valence-electron chi connectivity index (χ4n) is 2.37. The summed E-state index contributed by atoms with van der Waals surface area (Å²) in [6, 6.07) is 18.2. The average molecular weight is 298 g/mol. The van der Waals surface area contributed by atoms with E-state index in [1.54, 1.807) is 11.8 Å². The van der Waals surface area contributed by atoms with Gasteiger partial charge in [0.25, 0.3) is 0 Å². The van der Waals surface area contributed by atoms with Crippen LogP contribution >= 0.6 is 11.8 Å². The van der Waals surface area contributed by atoms with Gasteiger partial charge in [-0.1, -0.05) is 30.0 Å². The van der Waals surface area contributed by atoms with E-state index in [-0.39, 0.29) is 11.9 Å². The summed E-state index contributed by atoms with van der Waals surface area (Å²) >= 11 is 1.72. The number of carbonyl (C=O) groups excluding carboxylic acids is 1. The van der Waals surface area contributed by atoms with Gasteiger partial charge < -0.3 is 10.6 Å². The van der Waals surface area contributed by atoms with Crippen LogP contribution in [0.3, 0.4) is 0 Å². The molecule has 0 spiro atoms. The highest BCUT2D eigenvalue weighted by Gasteiger charge is 2.21. The molecule has 0 aromatic heterocycles. The van der Waals surface area contributed by atoms with Crippen molar-refractivity contribution in [3.63, 3.8) is 0 Å². The molecule has 1 aliphatic rings. The van der Waals surface area contributed by atoms with Gasteiger partial charge in [-0.3, -0.25) is 4.79 Å². The molecule has 0 radical (unpaired) electrons. The van der Waals surface area contributed by atoms with Crippen LogP contribution in [0.15, 0.2) is 64.4 Å². The van der Waals surface area contributed by atoms with Crippen LogP contribution in [0.5, 0.6) is 0 Å². The van der Waals surface area contributed by atoms with Gasteiger partial charge in [-0.15, -0.1) is 0 Å². The molecular formula is C17H18N2OS. The highest BCUT2D eigenvalue weighted by Crippen LogP contribution is 2.28. The van der Waals surface area contributed by atoms with Crippen LogP contribution in [-0.2, 0) is 4.79 Å². The molecule has 0 aliphatic carbocycles. The standard InChI is InChI=1S/C17H18N2OS/c20-17(16-7-4-12-18-16)19-13-8-10-15(11-9-13)21-14-5-2-1-3-6-14/h1-3,5-6,8-11,16,18H,4,7,12H2,(H,19,20). The first-order chi connectivity index (χ1) is 10.3. The predicted molar refractivity (Wildman–Crippen MR) is 86.7 cm³/mol. The predicted octanol–water partition coefficient (Wildman–Crippen LogP) is 3.53. The maximum absolute atomic E-state index is 12.0. The topological polar surface area (TPSA) is 41.1 Å². The van der Waals surface area contributed by atoms with Gasteiger partial charge in [0.2, 0.25) is 5.91 Å². The van der Waals surface area contributed by atoms with E-state index in [0.29, 0.717) is 0 Å². The number of anilines is 1. The molecule has 3 rings (SSSR count). The van der Waals surface area contributed by atoms with Crippen molar-refractivity contribution < 1.29 is 4.79 Å². The third-order valence-corrected chi connectivity index (χ3v) is 4.49. The van der Waals surface area contributed by atoms with E-state index in [1.165, 1.54) is 4.90 Å². The Balaban J connectivity index is 1.60. The lowest BCUT2D eigenvalue weighted by molar-refractivity contribution is -0.117. The van der Waals surface area contributed by atoms with Crippen molar-refractivity contribution in [2.24, 2.45) is 0 Å². The zero-order chi connectivity index (χ0) is 14.5. The van der Waals surface area contributed by atoms with Crippen molar-refractivity contribution in [1.29, 1.82) is 0 Å². The van der Waals surface area contributed by atoms with Crippen molar-refractivity contribution in [1.82, 2.24) is 5.32 Å². The molecule has 21 heavy (non-hydrogen) atoms. The van der Waals surface area contributed by atoms with E-state index >= 15 is 0 Å². The quantitative estimate of drug-likeness (QED) is 0.907. The van der Waals surface area contributed by atoms with E-state index < -0.39 is 0 Å². The molecule has 1 unspecified atom stereocenters. The van der Waals surface area contributed by atoms with Gasteiger partial charge in [0.15, 0.2) is 0 Å². The lowest BCUT2D eigenvalue weighted by Gasteiger charge is -2.11. The number of hydrogen-bond acceptors (Lipinski definition) is 3. The number of hydrogen-bond donors (Lipinski definition) is 2. The van der Waals surface area contributed by atoms with E-state index in [2.05, 4.69) is 22.8 Å². The lowest BCUT2D eigenvalue weighted by atomic mass is 10.2. The number of benzene rings is 2. The maximum atomic E-state index is 12.0. The van der Waals surface area contributed by atoms with Crippen molar-refractivity contribution in [2.45, 2.75) is 28.7 Å². The van der Waals surface area contributed by atoms with Gasteiger partial charge in [-0.25, -0.2) is 0 Å². The molecule has 1 aliphatic heterocycles. The molecule has 4 heteroatoms. The van der Waals surface area contributed by atoms with Crippen LogP contribution < -0.4 is 10.6 Å². The molecule has 1 fully saturated rings. The van der Waals surface area contributed by atoms with E-state index in [1.807, 2.05) is 42.5 Å². The summed E-state index contributed by atoms with van der Waals surface area (Å²) in [5, 5.41) is 6.17. The van der Waals surface area contributed by atoms with Gasteiger partial charge in [-0.2, -0.15) is 0 Å². The van der Waals surface area contributed by atoms with Crippen LogP contribution in [0.2, 0.25) is 0 Å². The zero-order valence-electron chi connectivity index (χ0n) is 11.7. The van der Waals surface area contributed by atoms with Gasteiger partial charge in [0, 0.05) is 15.5 Å². The van der Waals surface area contributed by atoms with Crippen molar-refractivity contribution >= 4 is 23.4 Å². The molecule has 2 aromatic rings. The minimum absolute atomic E-state index is 0.0385. The van der Waals surface area contributed by atoms with Crippen LogP contribution in [-0.4, -0.2) is 18.5 Å². The van der Waals surface area contributed by atoms with Gasteiger partial charge in [0.05, 0.1) is 6.04 Å². The number of amides is 1.